The maximum atomic E-state index is 12.8. The summed E-state index contributed by atoms with van der Waals surface area (Å²) in [7, 11) is 0. The molecule has 0 aliphatic carbocycles. The van der Waals surface area contributed by atoms with Gasteiger partial charge in [0.2, 0.25) is 0 Å². The van der Waals surface area contributed by atoms with E-state index < -0.39 is 6.10 Å². The fourth-order valence-electron chi connectivity index (χ4n) is 2.48. The van der Waals surface area contributed by atoms with Crippen molar-refractivity contribution in [2.45, 2.75) is 12.5 Å². The maximum absolute atomic E-state index is 12.8. The summed E-state index contributed by atoms with van der Waals surface area (Å²) >= 11 is 0. The maximum Gasteiger partial charge on any atom is 0.196 e. The zero-order valence-corrected chi connectivity index (χ0v) is 12.0. The van der Waals surface area contributed by atoms with Crippen LogP contribution < -0.4 is 5.43 Å². The lowest BCUT2D eigenvalue weighted by atomic mass is 10.00. The van der Waals surface area contributed by atoms with Gasteiger partial charge in [0.25, 0.3) is 0 Å². The Morgan fingerprint density at radius 2 is 1.77 bits per heavy atom. The summed E-state index contributed by atoms with van der Waals surface area (Å²) in [6.07, 6.45) is 0.816. The molecule has 0 radical (unpaired) electrons. The summed E-state index contributed by atoms with van der Waals surface area (Å²) in [5.74, 6) is 0.505. The Bertz CT molecular complexity index is 863. The summed E-state index contributed by atoms with van der Waals surface area (Å²) < 4.78 is 5.96. The highest BCUT2D eigenvalue weighted by atomic mass is 16.3. The van der Waals surface area contributed by atoms with Crippen molar-refractivity contribution in [3.8, 4) is 11.3 Å². The molecule has 0 aliphatic rings. The first-order valence-electron chi connectivity index (χ1n) is 7.11. The number of para-hydroxylation sites is 1. The van der Waals surface area contributed by atoms with Crippen LogP contribution >= 0.6 is 0 Å². The average Bonchev–Trinajstić information content (AvgIpc) is 2.58. The Balaban J connectivity index is 2.30. The number of hydrogen-bond donors (Lipinski definition) is 1. The van der Waals surface area contributed by atoms with Crippen molar-refractivity contribution in [2.75, 3.05) is 0 Å². The molecule has 0 saturated carbocycles. The largest absolute Gasteiger partial charge is 0.456 e. The van der Waals surface area contributed by atoms with E-state index in [4.69, 9.17) is 4.42 Å². The minimum atomic E-state index is -0.786. The first-order valence-corrected chi connectivity index (χ1v) is 7.11. The van der Waals surface area contributed by atoms with Gasteiger partial charge in [0, 0.05) is 17.5 Å². The molecule has 1 heterocycles. The van der Waals surface area contributed by atoms with Crippen LogP contribution in [0.15, 0.2) is 76.5 Å². The van der Waals surface area contributed by atoms with E-state index in [2.05, 4.69) is 6.58 Å². The summed E-state index contributed by atoms with van der Waals surface area (Å²) in [4.78, 5) is 12.8. The molecule has 3 heteroatoms. The number of aliphatic hydroxyl groups excluding tert-OH is 1. The predicted octanol–water partition coefficient (Wildman–Crippen LogP) is 3.55. The normalized spacial score (nSPS) is 12.2. The van der Waals surface area contributed by atoms with Gasteiger partial charge in [-0.3, -0.25) is 4.79 Å². The third-order valence-electron chi connectivity index (χ3n) is 3.61. The van der Waals surface area contributed by atoms with E-state index in [1.54, 1.807) is 18.2 Å². The molecule has 110 valence electrons. The molecule has 0 spiro atoms. The van der Waals surface area contributed by atoms with Crippen LogP contribution in [0, 0.1) is 0 Å². The van der Waals surface area contributed by atoms with E-state index in [-0.39, 0.29) is 11.8 Å². The summed E-state index contributed by atoms with van der Waals surface area (Å²) in [5.41, 5.74) is 1.72. The average molecular weight is 292 g/mol. The van der Waals surface area contributed by atoms with E-state index >= 15 is 0 Å². The molecule has 0 bridgehead atoms. The van der Waals surface area contributed by atoms with Crippen molar-refractivity contribution in [2.24, 2.45) is 0 Å². The molecule has 1 N–H and O–H groups in total. The lowest BCUT2D eigenvalue weighted by Gasteiger charge is -2.11. The van der Waals surface area contributed by atoms with Gasteiger partial charge >= 0.3 is 0 Å². The molecule has 3 nitrogen and oxygen atoms in total. The van der Waals surface area contributed by atoms with Crippen LogP contribution in [0.5, 0.6) is 0 Å². The highest BCUT2D eigenvalue weighted by Gasteiger charge is 2.17. The lowest BCUT2D eigenvalue weighted by Crippen LogP contribution is -2.17. The molecule has 1 atom stereocenters. The van der Waals surface area contributed by atoms with Crippen LogP contribution in [0.25, 0.3) is 22.3 Å². The van der Waals surface area contributed by atoms with Gasteiger partial charge in [0.1, 0.15) is 11.3 Å². The lowest BCUT2D eigenvalue weighted by molar-refractivity contribution is 0.223. The number of rotatable bonds is 4. The van der Waals surface area contributed by atoms with Crippen molar-refractivity contribution in [1.29, 1.82) is 0 Å². The Morgan fingerprint density at radius 1 is 1.09 bits per heavy atom. The van der Waals surface area contributed by atoms with Gasteiger partial charge in [-0.1, -0.05) is 48.5 Å². The molecule has 3 aromatic rings. The van der Waals surface area contributed by atoms with E-state index in [1.165, 1.54) is 6.08 Å². The number of hydrogen-bond acceptors (Lipinski definition) is 3. The molecular weight excluding hydrogens is 276 g/mol. The standard InChI is InChI=1S/C19H16O3/c1-2-14(20)12-16-18(21)15-10-6-7-11-17(15)22-19(16)13-8-4-3-5-9-13/h2-11,14,20H,1,12H2/t14-/m0/s1. The molecule has 1 aromatic heterocycles. The molecule has 22 heavy (non-hydrogen) atoms. The first kappa shape index (κ1) is 14.3. The molecule has 0 amide bonds. The van der Waals surface area contributed by atoms with Crippen LogP contribution in [-0.2, 0) is 6.42 Å². The molecule has 3 rings (SSSR count). The van der Waals surface area contributed by atoms with Gasteiger partial charge in [0.15, 0.2) is 5.43 Å². The van der Waals surface area contributed by atoms with E-state index in [1.807, 2.05) is 36.4 Å². The smallest absolute Gasteiger partial charge is 0.196 e. The fraction of sp³-hybridized carbons (Fsp3) is 0.105. The van der Waals surface area contributed by atoms with Crippen LogP contribution in [0.2, 0.25) is 0 Å². The van der Waals surface area contributed by atoms with Gasteiger partial charge in [-0.05, 0) is 12.1 Å². The molecule has 2 aromatic carbocycles. The monoisotopic (exact) mass is 292 g/mol. The number of fused-ring (bicyclic) bond motifs is 1. The summed E-state index contributed by atoms with van der Waals surface area (Å²) in [6, 6.07) is 16.6. The summed E-state index contributed by atoms with van der Waals surface area (Å²) in [5, 5.41) is 10.4. The number of aliphatic hydroxyl groups is 1. The minimum Gasteiger partial charge on any atom is -0.456 e. The molecule has 0 saturated heterocycles. The second-order valence-corrected chi connectivity index (χ2v) is 5.11. The molecule has 0 fully saturated rings. The molecular formula is C19H16O3. The minimum absolute atomic E-state index is 0.110. The van der Waals surface area contributed by atoms with Crippen molar-refractivity contribution in [3.63, 3.8) is 0 Å². The van der Waals surface area contributed by atoms with E-state index in [0.717, 1.165) is 5.56 Å². The van der Waals surface area contributed by atoms with Crippen molar-refractivity contribution < 1.29 is 9.52 Å². The third-order valence-corrected chi connectivity index (χ3v) is 3.61. The van der Waals surface area contributed by atoms with Crippen LogP contribution in [0.1, 0.15) is 5.56 Å². The van der Waals surface area contributed by atoms with Gasteiger partial charge in [-0.15, -0.1) is 6.58 Å². The molecule has 0 unspecified atom stereocenters. The zero-order valence-electron chi connectivity index (χ0n) is 12.0. The SMILES string of the molecule is C=C[C@H](O)Cc1c(-c2ccccc2)oc2ccccc2c1=O. The Morgan fingerprint density at radius 3 is 2.50 bits per heavy atom. The second-order valence-electron chi connectivity index (χ2n) is 5.11. The second kappa shape index (κ2) is 6.00. The molecule has 0 aliphatic heterocycles. The van der Waals surface area contributed by atoms with Gasteiger partial charge in [0.05, 0.1) is 11.5 Å². The fourth-order valence-corrected chi connectivity index (χ4v) is 2.48. The van der Waals surface area contributed by atoms with Crippen LogP contribution in [0.3, 0.4) is 0 Å². The number of benzene rings is 2. The Labute approximate surface area is 128 Å². The van der Waals surface area contributed by atoms with E-state index in [9.17, 15) is 9.90 Å². The third kappa shape index (κ3) is 2.59. The topological polar surface area (TPSA) is 50.4 Å². The van der Waals surface area contributed by atoms with Crippen LogP contribution in [-0.4, -0.2) is 11.2 Å². The predicted molar refractivity (Wildman–Crippen MR) is 87.8 cm³/mol. The highest BCUT2D eigenvalue weighted by Crippen LogP contribution is 2.26. The Kier molecular flexibility index (Phi) is 3.90. The Hall–Kier alpha value is -2.65. The van der Waals surface area contributed by atoms with Crippen molar-refractivity contribution in [3.05, 3.63) is 83.0 Å². The summed E-state index contributed by atoms with van der Waals surface area (Å²) in [6.45, 7) is 3.57. The van der Waals surface area contributed by atoms with Crippen molar-refractivity contribution in [1.82, 2.24) is 0 Å². The van der Waals surface area contributed by atoms with Gasteiger partial charge in [-0.25, -0.2) is 0 Å². The quantitative estimate of drug-likeness (QED) is 0.748. The zero-order chi connectivity index (χ0) is 15.5. The van der Waals surface area contributed by atoms with Crippen molar-refractivity contribution >= 4 is 11.0 Å². The van der Waals surface area contributed by atoms with Crippen LogP contribution in [0.4, 0.5) is 0 Å². The van der Waals surface area contributed by atoms with Gasteiger partial charge < -0.3 is 9.52 Å². The van der Waals surface area contributed by atoms with Gasteiger partial charge in [-0.2, -0.15) is 0 Å². The highest BCUT2D eigenvalue weighted by molar-refractivity contribution is 5.80. The van der Waals surface area contributed by atoms with E-state index in [0.29, 0.717) is 22.3 Å². The first-order chi connectivity index (χ1) is 10.7.